The van der Waals surface area contributed by atoms with Crippen LogP contribution in [0.25, 0.3) is 5.00 Å². The summed E-state index contributed by atoms with van der Waals surface area (Å²) in [7, 11) is 1.39. The number of aryl methyl sites for hydroxylation is 1. The molecule has 1 aliphatic rings. The monoisotopic (exact) mass is 400 g/mol. The van der Waals surface area contributed by atoms with Gasteiger partial charge in [-0.1, -0.05) is 29.8 Å². The van der Waals surface area contributed by atoms with Crippen LogP contribution in [0.2, 0.25) is 5.02 Å². The van der Waals surface area contributed by atoms with Crippen molar-refractivity contribution in [2.75, 3.05) is 7.11 Å². The second-order valence-corrected chi connectivity index (χ2v) is 7.78. The Morgan fingerprint density at radius 2 is 2.07 bits per heavy atom. The van der Waals surface area contributed by atoms with Crippen LogP contribution in [0.5, 0.6) is 0 Å². The lowest BCUT2D eigenvalue weighted by Crippen LogP contribution is -2.06. The number of methoxy groups -OCH3 is 1. The molecule has 0 radical (unpaired) electrons. The second kappa shape index (κ2) is 6.90. The Morgan fingerprint density at radius 3 is 2.81 bits per heavy atom. The summed E-state index contributed by atoms with van der Waals surface area (Å²) < 4.78 is 6.83. The number of halogens is 1. The first-order valence-electron chi connectivity index (χ1n) is 8.44. The summed E-state index contributed by atoms with van der Waals surface area (Å²) in [4.78, 5) is 17.6. The summed E-state index contributed by atoms with van der Waals surface area (Å²) in [5.74, 6) is 1.26. The van der Waals surface area contributed by atoms with Gasteiger partial charge in [0.15, 0.2) is 5.82 Å². The number of esters is 1. The number of carbonyl (C=O) groups excluding carboxylic acids is 1. The smallest absolute Gasteiger partial charge is 0.310 e. The van der Waals surface area contributed by atoms with Crippen molar-refractivity contribution in [3.05, 3.63) is 63.0 Å². The molecule has 0 spiro atoms. The second-order valence-electron chi connectivity index (χ2n) is 6.26. The summed E-state index contributed by atoms with van der Waals surface area (Å²) in [6.07, 6.45) is 0.204. The number of thiophene rings is 1. The molecule has 1 atom stereocenters. The number of hydrogen-bond donors (Lipinski definition) is 0. The van der Waals surface area contributed by atoms with Crippen LogP contribution < -0.4 is 0 Å². The largest absolute Gasteiger partial charge is 0.469 e. The first kappa shape index (κ1) is 17.9. The summed E-state index contributed by atoms with van der Waals surface area (Å²) in [5, 5.41) is 10.1. The molecule has 0 saturated heterocycles. The average Bonchev–Trinajstić information content (AvgIpc) is 3.20. The fourth-order valence-electron chi connectivity index (χ4n) is 3.16. The average molecular weight is 401 g/mol. The molecular weight excluding hydrogens is 384 g/mol. The van der Waals surface area contributed by atoms with Crippen LogP contribution >= 0.6 is 22.9 Å². The summed E-state index contributed by atoms with van der Waals surface area (Å²) in [6, 6.07) is 9.44. The van der Waals surface area contributed by atoms with Crippen LogP contribution in [0.15, 0.2) is 35.3 Å². The van der Waals surface area contributed by atoms with Crippen molar-refractivity contribution in [2.45, 2.75) is 26.3 Å². The van der Waals surface area contributed by atoms with Gasteiger partial charge in [0, 0.05) is 21.0 Å². The minimum absolute atomic E-state index is 0.180. The summed E-state index contributed by atoms with van der Waals surface area (Å²) in [6.45, 7) is 3.90. The Labute approximate surface area is 165 Å². The highest BCUT2D eigenvalue weighted by atomic mass is 35.5. The van der Waals surface area contributed by atoms with E-state index in [1.54, 1.807) is 0 Å². The van der Waals surface area contributed by atoms with Crippen molar-refractivity contribution in [1.29, 1.82) is 0 Å². The Balaban J connectivity index is 1.96. The van der Waals surface area contributed by atoms with Gasteiger partial charge in [-0.15, -0.1) is 21.5 Å². The molecule has 2 aromatic heterocycles. The minimum Gasteiger partial charge on any atom is -0.469 e. The van der Waals surface area contributed by atoms with E-state index in [1.165, 1.54) is 18.4 Å². The Bertz CT molecular complexity index is 1070. The lowest BCUT2D eigenvalue weighted by molar-refractivity contribution is -0.139. The third-order valence-electron chi connectivity index (χ3n) is 4.44. The molecule has 6 nitrogen and oxygen atoms in total. The highest BCUT2D eigenvalue weighted by Gasteiger charge is 2.29. The predicted molar refractivity (Wildman–Crippen MR) is 105 cm³/mol. The molecule has 0 amide bonds. The molecule has 0 aliphatic carbocycles. The van der Waals surface area contributed by atoms with E-state index in [-0.39, 0.29) is 18.4 Å². The molecule has 1 aliphatic heterocycles. The molecule has 1 aromatic carbocycles. The molecule has 3 aromatic rings. The first-order valence-corrected chi connectivity index (χ1v) is 9.64. The highest BCUT2D eigenvalue weighted by Crippen LogP contribution is 2.37. The summed E-state index contributed by atoms with van der Waals surface area (Å²) in [5.41, 5.74) is 2.56. The predicted octanol–water partition coefficient (Wildman–Crippen LogP) is 3.92. The quantitative estimate of drug-likeness (QED) is 0.625. The zero-order chi connectivity index (χ0) is 19.1. The Kier molecular flexibility index (Phi) is 4.57. The molecule has 138 valence electrons. The molecule has 0 saturated carbocycles. The zero-order valence-electron chi connectivity index (χ0n) is 15.1. The number of benzene rings is 1. The van der Waals surface area contributed by atoms with Crippen LogP contribution in [-0.4, -0.2) is 33.6 Å². The summed E-state index contributed by atoms with van der Waals surface area (Å²) >= 11 is 7.99. The third kappa shape index (κ3) is 3.07. The van der Waals surface area contributed by atoms with Gasteiger partial charge in [-0.2, -0.15) is 0 Å². The van der Waals surface area contributed by atoms with E-state index in [0.29, 0.717) is 5.02 Å². The van der Waals surface area contributed by atoms with Crippen LogP contribution in [0, 0.1) is 6.92 Å². The maximum atomic E-state index is 11.8. The van der Waals surface area contributed by atoms with Gasteiger partial charge in [0.2, 0.25) is 0 Å². The van der Waals surface area contributed by atoms with E-state index in [9.17, 15) is 4.79 Å². The number of ether oxygens (including phenoxy) is 1. The van der Waals surface area contributed by atoms with Gasteiger partial charge in [0.05, 0.1) is 19.2 Å². The molecule has 0 bridgehead atoms. The maximum Gasteiger partial charge on any atom is 0.310 e. The van der Waals surface area contributed by atoms with Crippen molar-refractivity contribution in [1.82, 2.24) is 14.8 Å². The first-order chi connectivity index (χ1) is 13.0. The van der Waals surface area contributed by atoms with E-state index >= 15 is 0 Å². The van der Waals surface area contributed by atoms with E-state index in [1.807, 2.05) is 48.7 Å². The Morgan fingerprint density at radius 1 is 1.30 bits per heavy atom. The molecule has 3 heterocycles. The highest BCUT2D eigenvalue weighted by molar-refractivity contribution is 7.15. The lowest BCUT2D eigenvalue weighted by atomic mass is 10.0. The molecule has 1 unspecified atom stereocenters. The van der Waals surface area contributed by atoms with E-state index in [0.717, 1.165) is 38.4 Å². The van der Waals surface area contributed by atoms with Crippen molar-refractivity contribution in [3.8, 4) is 5.00 Å². The minimum atomic E-state index is -0.281. The fourth-order valence-corrected chi connectivity index (χ4v) is 4.58. The van der Waals surface area contributed by atoms with Crippen LogP contribution in [0.3, 0.4) is 0 Å². The van der Waals surface area contributed by atoms with Crippen LogP contribution in [0.1, 0.15) is 40.6 Å². The molecular formula is C19H17ClN4O2S. The van der Waals surface area contributed by atoms with Gasteiger partial charge >= 0.3 is 5.97 Å². The Hall–Kier alpha value is -2.51. The number of carbonyl (C=O) groups is 1. The molecule has 0 fully saturated rings. The third-order valence-corrected chi connectivity index (χ3v) is 5.89. The van der Waals surface area contributed by atoms with Crippen LogP contribution in [-0.2, 0) is 16.0 Å². The van der Waals surface area contributed by atoms with Gasteiger partial charge in [-0.25, -0.2) is 0 Å². The van der Waals surface area contributed by atoms with Gasteiger partial charge < -0.3 is 4.74 Å². The van der Waals surface area contributed by atoms with Crippen molar-refractivity contribution in [3.63, 3.8) is 0 Å². The standard InChI is InChI=1S/C19H17ClN4O2S/c1-10-18-23-22-11(2)24(18)19-14(8-12(27-19)9-16(25)26-3)17(21-10)13-6-4-5-7-15(13)20/h4-8,10H,9H2,1-3H3. The molecule has 8 heteroatoms. The maximum absolute atomic E-state index is 11.8. The zero-order valence-corrected chi connectivity index (χ0v) is 16.6. The van der Waals surface area contributed by atoms with Crippen LogP contribution in [0.4, 0.5) is 0 Å². The number of aromatic nitrogens is 3. The van der Waals surface area contributed by atoms with E-state index < -0.39 is 0 Å². The molecule has 27 heavy (non-hydrogen) atoms. The SMILES string of the molecule is COC(=O)Cc1cc2c(s1)-n1c(C)nnc1C(C)N=C2c1ccccc1Cl. The topological polar surface area (TPSA) is 69.4 Å². The number of aliphatic imine (C=N–C) groups is 1. The van der Waals surface area contributed by atoms with Gasteiger partial charge in [-0.3, -0.25) is 14.4 Å². The number of fused-ring (bicyclic) bond motifs is 3. The van der Waals surface area contributed by atoms with Gasteiger partial charge in [-0.05, 0) is 26.0 Å². The van der Waals surface area contributed by atoms with E-state index in [4.69, 9.17) is 21.3 Å². The number of rotatable bonds is 3. The lowest BCUT2D eigenvalue weighted by Gasteiger charge is -2.09. The number of hydrogen-bond acceptors (Lipinski definition) is 6. The van der Waals surface area contributed by atoms with Gasteiger partial charge in [0.25, 0.3) is 0 Å². The molecule has 4 rings (SSSR count). The van der Waals surface area contributed by atoms with E-state index in [2.05, 4.69) is 10.2 Å². The fraction of sp³-hybridized carbons (Fsp3) is 0.263. The van der Waals surface area contributed by atoms with Crippen molar-refractivity contribution >= 4 is 34.6 Å². The van der Waals surface area contributed by atoms with Crippen molar-refractivity contribution in [2.24, 2.45) is 4.99 Å². The number of nitrogens with zero attached hydrogens (tertiary/aromatic N) is 4. The normalized spacial score (nSPS) is 15.6. The van der Waals surface area contributed by atoms with Crippen molar-refractivity contribution < 1.29 is 9.53 Å². The molecule has 0 N–H and O–H groups in total. The van der Waals surface area contributed by atoms with Gasteiger partial charge in [0.1, 0.15) is 16.9 Å².